The quantitative estimate of drug-likeness (QED) is 0.374. The first kappa shape index (κ1) is 14.8. The standard InChI is InChI=1S/C16H16O5/c1-9(2)16(18)21-14-8-12-11(5-6-15(17)20-12)7-13(14)19-10(3)4/h5-8,10H,1H2,2-4H3. The molecule has 0 N–H and O–H groups in total. The summed E-state index contributed by atoms with van der Waals surface area (Å²) in [7, 11) is 0. The molecule has 0 aliphatic carbocycles. The van der Waals surface area contributed by atoms with Gasteiger partial charge in [-0.25, -0.2) is 9.59 Å². The topological polar surface area (TPSA) is 65.7 Å². The van der Waals surface area contributed by atoms with Crippen molar-refractivity contribution in [2.45, 2.75) is 26.9 Å². The van der Waals surface area contributed by atoms with Crippen LogP contribution in [0.3, 0.4) is 0 Å². The van der Waals surface area contributed by atoms with Gasteiger partial charge in [0.25, 0.3) is 0 Å². The molecule has 5 heteroatoms. The SMILES string of the molecule is C=C(C)C(=O)Oc1cc2oc(=O)ccc2cc1OC(C)C. The summed E-state index contributed by atoms with van der Waals surface area (Å²) < 4.78 is 15.9. The van der Waals surface area contributed by atoms with E-state index in [1.807, 2.05) is 13.8 Å². The molecule has 21 heavy (non-hydrogen) atoms. The molecule has 1 aromatic heterocycles. The third kappa shape index (κ3) is 3.51. The van der Waals surface area contributed by atoms with E-state index in [0.717, 1.165) is 0 Å². The molecule has 1 aromatic carbocycles. The van der Waals surface area contributed by atoms with Gasteiger partial charge in [-0.1, -0.05) is 6.58 Å². The van der Waals surface area contributed by atoms with Crippen LogP contribution in [-0.2, 0) is 4.79 Å². The van der Waals surface area contributed by atoms with Gasteiger partial charge < -0.3 is 13.9 Å². The van der Waals surface area contributed by atoms with Crippen LogP contribution in [0, 0.1) is 0 Å². The predicted octanol–water partition coefficient (Wildman–Crippen LogP) is 3.06. The molecule has 0 atom stereocenters. The van der Waals surface area contributed by atoms with Crippen molar-refractivity contribution in [2.24, 2.45) is 0 Å². The van der Waals surface area contributed by atoms with Crippen molar-refractivity contribution in [1.82, 2.24) is 0 Å². The van der Waals surface area contributed by atoms with Gasteiger partial charge in [0.15, 0.2) is 11.5 Å². The Hall–Kier alpha value is -2.56. The van der Waals surface area contributed by atoms with E-state index in [1.54, 1.807) is 19.1 Å². The van der Waals surface area contributed by atoms with Crippen LogP contribution in [0.4, 0.5) is 0 Å². The number of hydrogen-bond acceptors (Lipinski definition) is 5. The highest BCUT2D eigenvalue weighted by atomic mass is 16.6. The Morgan fingerprint density at radius 3 is 2.57 bits per heavy atom. The van der Waals surface area contributed by atoms with Crippen LogP contribution < -0.4 is 15.1 Å². The maximum atomic E-state index is 11.7. The molecule has 0 spiro atoms. The third-order valence-corrected chi connectivity index (χ3v) is 2.60. The second-order valence-electron chi connectivity index (χ2n) is 4.93. The fourth-order valence-corrected chi connectivity index (χ4v) is 1.69. The van der Waals surface area contributed by atoms with Gasteiger partial charge in [-0.05, 0) is 32.9 Å². The number of hydrogen-bond donors (Lipinski definition) is 0. The van der Waals surface area contributed by atoms with Crippen molar-refractivity contribution in [3.8, 4) is 11.5 Å². The number of carbonyl (C=O) groups is 1. The predicted molar refractivity (Wildman–Crippen MR) is 78.7 cm³/mol. The largest absolute Gasteiger partial charge is 0.487 e. The van der Waals surface area contributed by atoms with Crippen LogP contribution in [0.15, 0.2) is 45.6 Å². The van der Waals surface area contributed by atoms with E-state index in [9.17, 15) is 9.59 Å². The Kier molecular flexibility index (Phi) is 4.12. The van der Waals surface area contributed by atoms with Crippen molar-refractivity contribution in [3.63, 3.8) is 0 Å². The molecule has 0 amide bonds. The van der Waals surface area contributed by atoms with Crippen molar-refractivity contribution < 1.29 is 18.7 Å². The molecule has 0 saturated carbocycles. The number of rotatable bonds is 4. The zero-order valence-electron chi connectivity index (χ0n) is 12.1. The smallest absolute Gasteiger partial charge is 0.338 e. The van der Waals surface area contributed by atoms with Gasteiger partial charge in [-0.2, -0.15) is 0 Å². The molecular weight excluding hydrogens is 272 g/mol. The highest BCUT2D eigenvalue weighted by Gasteiger charge is 2.15. The molecule has 0 fully saturated rings. The number of esters is 1. The molecule has 0 saturated heterocycles. The van der Waals surface area contributed by atoms with E-state index in [1.165, 1.54) is 12.1 Å². The van der Waals surface area contributed by atoms with E-state index in [2.05, 4.69) is 6.58 Å². The summed E-state index contributed by atoms with van der Waals surface area (Å²) >= 11 is 0. The van der Waals surface area contributed by atoms with Gasteiger partial charge >= 0.3 is 11.6 Å². The molecule has 110 valence electrons. The fraction of sp³-hybridized carbons (Fsp3) is 0.250. The lowest BCUT2D eigenvalue weighted by molar-refractivity contribution is -0.130. The monoisotopic (exact) mass is 288 g/mol. The third-order valence-electron chi connectivity index (χ3n) is 2.60. The Labute approximate surface area is 121 Å². The molecular formula is C16H16O5. The van der Waals surface area contributed by atoms with Crippen LogP contribution >= 0.6 is 0 Å². The van der Waals surface area contributed by atoms with E-state index in [0.29, 0.717) is 16.7 Å². The van der Waals surface area contributed by atoms with Crippen molar-refractivity contribution in [3.05, 3.63) is 46.8 Å². The fourth-order valence-electron chi connectivity index (χ4n) is 1.69. The average molecular weight is 288 g/mol. The van der Waals surface area contributed by atoms with Gasteiger partial charge in [0.05, 0.1) is 6.10 Å². The zero-order chi connectivity index (χ0) is 15.6. The Balaban J connectivity index is 2.54. The number of carbonyl (C=O) groups excluding carboxylic acids is 1. The minimum absolute atomic E-state index is 0.0968. The van der Waals surface area contributed by atoms with E-state index in [-0.39, 0.29) is 17.4 Å². The highest BCUT2D eigenvalue weighted by molar-refractivity contribution is 5.90. The van der Waals surface area contributed by atoms with Gasteiger partial charge in [0.2, 0.25) is 0 Å². The Bertz CT molecular complexity index is 755. The second-order valence-corrected chi connectivity index (χ2v) is 4.93. The lowest BCUT2D eigenvalue weighted by Crippen LogP contribution is -2.12. The minimum atomic E-state index is -0.568. The van der Waals surface area contributed by atoms with Gasteiger partial charge in [0, 0.05) is 23.1 Å². The molecule has 0 aliphatic rings. The lowest BCUT2D eigenvalue weighted by atomic mass is 10.2. The molecule has 0 radical (unpaired) electrons. The van der Waals surface area contributed by atoms with Gasteiger partial charge in [0.1, 0.15) is 5.58 Å². The molecule has 2 rings (SSSR count). The second kappa shape index (κ2) is 5.83. The normalized spacial score (nSPS) is 10.7. The Morgan fingerprint density at radius 1 is 1.24 bits per heavy atom. The van der Waals surface area contributed by atoms with E-state index in [4.69, 9.17) is 13.9 Å². The summed E-state index contributed by atoms with van der Waals surface area (Å²) in [5.41, 5.74) is 0.112. The number of fused-ring (bicyclic) bond motifs is 1. The van der Waals surface area contributed by atoms with E-state index >= 15 is 0 Å². The summed E-state index contributed by atoms with van der Waals surface area (Å²) in [6.45, 7) is 8.80. The first-order valence-electron chi connectivity index (χ1n) is 6.49. The zero-order valence-corrected chi connectivity index (χ0v) is 12.1. The summed E-state index contributed by atoms with van der Waals surface area (Å²) in [5, 5.41) is 0.681. The molecule has 0 aliphatic heterocycles. The average Bonchev–Trinajstić information content (AvgIpc) is 2.38. The van der Waals surface area contributed by atoms with Crippen LogP contribution in [0.2, 0.25) is 0 Å². The van der Waals surface area contributed by atoms with Crippen LogP contribution in [0.25, 0.3) is 11.0 Å². The maximum Gasteiger partial charge on any atom is 0.338 e. The van der Waals surface area contributed by atoms with Crippen molar-refractivity contribution in [2.75, 3.05) is 0 Å². The van der Waals surface area contributed by atoms with Gasteiger partial charge in [-0.15, -0.1) is 0 Å². The maximum absolute atomic E-state index is 11.7. The first-order chi connectivity index (χ1) is 9.86. The molecule has 5 nitrogen and oxygen atoms in total. The molecule has 1 heterocycles. The van der Waals surface area contributed by atoms with E-state index < -0.39 is 11.6 Å². The van der Waals surface area contributed by atoms with Gasteiger partial charge in [-0.3, -0.25) is 0 Å². The van der Waals surface area contributed by atoms with Crippen LogP contribution in [0.5, 0.6) is 11.5 Å². The molecule has 2 aromatic rings. The lowest BCUT2D eigenvalue weighted by Gasteiger charge is -2.14. The van der Waals surface area contributed by atoms with Crippen molar-refractivity contribution >= 4 is 16.9 Å². The summed E-state index contributed by atoms with van der Waals surface area (Å²) in [6.07, 6.45) is -0.0968. The van der Waals surface area contributed by atoms with Crippen molar-refractivity contribution in [1.29, 1.82) is 0 Å². The minimum Gasteiger partial charge on any atom is -0.487 e. The summed E-state index contributed by atoms with van der Waals surface area (Å²) in [6, 6.07) is 6.08. The van der Waals surface area contributed by atoms with Crippen LogP contribution in [0.1, 0.15) is 20.8 Å². The number of benzene rings is 1. The Morgan fingerprint density at radius 2 is 1.95 bits per heavy atom. The molecule has 0 bridgehead atoms. The first-order valence-corrected chi connectivity index (χ1v) is 6.49. The summed E-state index contributed by atoms with van der Waals surface area (Å²) in [4.78, 5) is 23.0. The highest BCUT2D eigenvalue weighted by Crippen LogP contribution is 2.33. The molecule has 0 unspecified atom stereocenters. The summed E-state index contributed by atoms with van der Waals surface area (Å²) in [5.74, 6) is 0.0285. The van der Waals surface area contributed by atoms with Crippen LogP contribution in [-0.4, -0.2) is 12.1 Å². The number of ether oxygens (including phenoxy) is 2.